The molecule has 23 heavy (non-hydrogen) atoms. The lowest BCUT2D eigenvalue weighted by Gasteiger charge is -2.31. The SMILES string of the molecule is Cc1nc(NCc2ccc3nonc3c2)cc(C2CC(O)C2)n1. The Balaban J connectivity index is 1.49. The van der Waals surface area contributed by atoms with E-state index in [9.17, 15) is 5.11 Å². The molecule has 0 spiro atoms. The van der Waals surface area contributed by atoms with Crippen molar-refractivity contribution in [2.24, 2.45) is 0 Å². The van der Waals surface area contributed by atoms with Crippen LogP contribution < -0.4 is 5.32 Å². The Morgan fingerprint density at radius 1 is 1.17 bits per heavy atom. The molecule has 7 heteroatoms. The molecule has 0 unspecified atom stereocenters. The number of rotatable bonds is 4. The average molecular weight is 311 g/mol. The summed E-state index contributed by atoms with van der Waals surface area (Å²) < 4.78 is 4.71. The van der Waals surface area contributed by atoms with Crippen molar-refractivity contribution < 1.29 is 9.74 Å². The fourth-order valence-corrected chi connectivity index (χ4v) is 2.85. The van der Waals surface area contributed by atoms with Gasteiger partial charge in [0.2, 0.25) is 0 Å². The standard InChI is InChI=1S/C16H17N5O2/c1-9-18-14(11-5-12(22)6-11)7-16(19-9)17-8-10-2-3-13-15(4-10)21-23-20-13/h2-4,7,11-12,22H,5-6,8H2,1H3,(H,17,18,19). The molecule has 0 bridgehead atoms. The number of benzene rings is 1. The van der Waals surface area contributed by atoms with Crippen molar-refractivity contribution in [2.75, 3.05) is 5.32 Å². The molecule has 1 saturated carbocycles. The van der Waals surface area contributed by atoms with Gasteiger partial charge in [0.25, 0.3) is 0 Å². The molecular formula is C16H17N5O2. The largest absolute Gasteiger partial charge is 0.393 e. The first-order chi connectivity index (χ1) is 11.2. The predicted molar refractivity (Wildman–Crippen MR) is 83.9 cm³/mol. The molecule has 0 amide bonds. The van der Waals surface area contributed by atoms with Gasteiger partial charge < -0.3 is 10.4 Å². The van der Waals surface area contributed by atoms with Crippen LogP contribution in [0.4, 0.5) is 5.82 Å². The molecule has 118 valence electrons. The van der Waals surface area contributed by atoms with E-state index in [1.807, 2.05) is 31.2 Å². The van der Waals surface area contributed by atoms with E-state index in [4.69, 9.17) is 4.63 Å². The molecule has 2 N–H and O–H groups in total. The number of nitrogens with zero attached hydrogens (tertiary/aromatic N) is 4. The van der Waals surface area contributed by atoms with Gasteiger partial charge >= 0.3 is 0 Å². The van der Waals surface area contributed by atoms with Crippen molar-refractivity contribution in [3.63, 3.8) is 0 Å². The second-order valence-corrected chi connectivity index (χ2v) is 5.99. The summed E-state index contributed by atoms with van der Waals surface area (Å²) >= 11 is 0. The molecule has 1 aliphatic rings. The highest BCUT2D eigenvalue weighted by atomic mass is 16.6. The Morgan fingerprint density at radius 3 is 2.83 bits per heavy atom. The van der Waals surface area contributed by atoms with Gasteiger partial charge in [-0.3, -0.25) is 0 Å². The van der Waals surface area contributed by atoms with Gasteiger partial charge in [0, 0.05) is 24.2 Å². The first kappa shape index (κ1) is 14.1. The quantitative estimate of drug-likeness (QED) is 0.762. The Morgan fingerprint density at radius 2 is 2.00 bits per heavy atom. The zero-order valence-electron chi connectivity index (χ0n) is 12.7. The van der Waals surface area contributed by atoms with Crippen LogP contribution in [0.25, 0.3) is 11.0 Å². The number of aliphatic hydroxyl groups is 1. The minimum atomic E-state index is -0.186. The highest BCUT2D eigenvalue weighted by Crippen LogP contribution is 2.36. The summed E-state index contributed by atoms with van der Waals surface area (Å²) in [6, 6.07) is 7.78. The van der Waals surface area contributed by atoms with Gasteiger partial charge in [-0.25, -0.2) is 14.6 Å². The van der Waals surface area contributed by atoms with E-state index in [0.717, 1.165) is 46.8 Å². The van der Waals surface area contributed by atoms with Crippen LogP contribution >= 0.6 is 0 Å². The number of fused-ring (bicyclic) bond motifs is 1. The minimum absolute atomic E-state index is 0.186. The third-order valence-electron chi connectivity index (χ3n) is 4.18. The molecule has 1 fully saturated rings. The number of hydrogen-bond acceptors (Lipinski definition) is 7. The Bertz CT molecular complexity index is 841. The maximum Gasteiger partial charge on any atom is 0.135 e. The Labute approximate surface area is 132 Å². The number of hydrogen-bond donors (Lipinski definition) is 2. The third-order valence-corrected chi connectivity index (χ3v) is 4.18. The van der Waals surface area contributed by atoms with Gasteiger partial charge in [0.1, 0.15) is 22.7 Å². The van der Waals surface area contributed by atoms with Crippen LogP contribution in [0.2, 0.25) is 0 Å². The molecule has 0 aliphatic heterocycles. The lowest BCUT2D eigenvalue weighted by Crippen LogP contribution is -2.27. The lowest BCUT2D eigenvalue weighted by atomic mass is 9.80. The fraction of sp³-hybridized carbons (Fsp3) is 0.375. The van der Waals surface area contributed by atoms with E-state index in [1.54, 1.807) is 0 Å². The smallest absolute Gasteiger partial charge is 0.135 e. The molecule has 2 aromatic heterocycles. The molecule has 4 rings (SSSR count). The molecule has 1 aromatic carbocycles. The number of aryl methyl sites for hydroxylation is 1. The summed E-state index contributed by atoms with van der Waals surface area (Å²) in [6.45, 7) is 2.52. The second kappa shape index (κ2) is 5.58. The van der Waals surface area contributed by atoms with Crippen LogP contribution in [-0.4, -0.2) is 31.5 Å². The van der Waals surface area contributed by atoms with Crippen molar-refractivity contribution in [3.8, 4) is 0 Å². The summed E-state index contributed by atoms with van der Waals surface area (Å²) in [5, 5.41) is 20.4. The number of aliphatic hydroxyl groups excluding tert-OH is 1. The van der Waals surface area contributed by atoms with E-state index in [1.165, 1.54) is 0 Å². The van der Waals surface area contributed by atoms with Crippen LogP contribution in [0, 0.1) is 6.92 Å². The van der Waals surface area contributed by atoms with Gasteiger partial charge in [-0.15, -0.1) is 0 Å². The monoisotopic (exact) mass is 311 g/mol. The molecule has 7 nitrogen and oxygen atoms in total. The van der Waals surface area contributed by atoms with Crippen LogP contribution in [0.1, 0.15) is 35.8 Å². The van der Waals surface area contributed by atoms with Crippen LogP contribution in [-0.2, 0) is 6.54 Å². The van der Waals surface area contributed by atoms with E-state index in [-0.39, 0.29) is 6.10 Å². The molecule has 2 heterocycles. The topological polar surface area (TPSA) is 97.0 Å². The molecule has 3 aromatic rings. The summed E-state index contributed by atoms with van der Waals surface area (Å²) in [6.07, 6.45) is 1.38. The molecule has 0 radical (unpaired) electrons. The Hall–Kier alpha value is -2.54. The first-order valence-electron chi connectivity index (χ1n) is 7.66. The Kier molecular flexibility index (Phi) is 3.42. The first-order valence-corrected chi connectivity index (χ1v) is 7.66. The summed E-state index contributed by atoms with van der Waals surface area (Å²) in [4.78, 5) is 8.92. The van der Waals surface area contributed by atoms with Gasteiger partial charge in [-0.05, 0) is 47.8 Å². The van der Waals surface area contributed by atoms with Crippen molar-refractivity contribution in [2.45, 2.75) is 38.3 Å². The summed E-state index contributed by atoms with van der Waals surface area (Å²) in [5.74, 6) is 1.87. The van der Waals surface area contributed by atoms with Crippen LogP contribution in [0.3, 0.4) is 0 Å². The fourth-order valence-electron chi connectivity index (χ4n) is 2.85. The minimum Gasteiger partial charge on any atom is -0.393 e. The zero-order chi connectivity index (χ0) is 15.8. The van der Waals surface area contributed by atoms with E-state index < -0.39 is 0 Å². The van der Waals surface area contributed by atoms with Crippen molar-refractivity contribution in [1.29, 1.82) is 0 Å². The van der Waals surface area contributed by atoms with Gasteiger partial charge in [-0.1, -0.05) is 6.07 Å². The molecular weight excluding hydrogens is 294 g/mol. The highest BCUT2D eigenvalue weighted by molar-refractivity contribution is 5.73. The molecule has 0 saturated heterocycles. The summed E-state index contributed by atoms with van der Waals surface area (Å²) in [7, 11) is 0. The molecule has 0 atom stereocenters. The molecule has 1 aliphatic carbocycles. The van der Waals surface area contributed by atoms with E-state index in [2.05, 4.69) is 25.6 Å². The predicted octanol–water partition coefficient (Wildman–Crippen LogP) is 2.17. The van der Waals surface area contributed by atoms with Gasteiger partial charge in [0.05, 0.1) is 6.10 Å². The number of anilines is 1. The normalized spacial score (nSPS) is 20.4. The lowest BCUT2D eigenvalue weighted by molar-refractivity contribution is 0.0731. The van der Waals surface area contributed by atoms with Crippen molar-refractivity contribution in [3.05, 3.63) is 41.3 Å². The highest BCUT2D eigenvalue weighted by Gasteiger charge is 2.30. The number of aromatic nitrogens is 4. The zero-order valence-corrected chi connectivity index (χ0v) is 12.7. The van der Waals surface area contributed by atoms with Crippen molar-refractivity contribution >= 4 is 16.9 Å². The van der Waals surface area contributed by atoms with Gasteiger partial charge in [0.15, 0.2) is 0 Å². The van der Waals surface area contributed by atoms with E-state index >= 15 is 0 Å². The maximum atomic E-state index is 9.46. The van der Waals surface area contributed by atoms with Crippen LogP contribution in [0.5, 0.6) is 0 Å². The maximum absolute atomic E-state index is 9.46. The van der Waals surface area contributed by atoms with Crippen molar-refractivity contribution in [1.82, 2.24) is 20.3 Å². The third kappa shape index (κ3) is 2.87. The second-order valence-electron chi connectivity index (χ2n) is 5.99. The average Bonchev–Trinajstić information content (AvgIpc) is 2.97. The van der Waals surface area contributed by atoms with Crippen LogP contribution in [0.15, 0.2) is 28.9 Å². The number of nitrogens with one attached hydrogen (secondary N) is 1. The van der Waals surface area contributed by atoms with E-state index in [0.29, 0.717) is 12.5 Å². The summed E-state index contributed by atoms with van der Waals surface area (Å²) in [5.41, 5.74) is 3.57. The van der Waals surface area contributed by atoms with Gasteiger partial charge in [-0.2, -0.15) is 0 Å².